The summed E-state index contributed by atoms with van der Waals surface area (Å²) in [7, 11) is 3.03. The van der Waals surface area contributed by atoms with Gasteiger partial charge in [-0.05, 0) is 35.9 Å². The molecule has 24 heavy (non-hydrogen) atoms. The van der Waals surface area contributed by atoms with Crippen LogP contribution in [-0.2, 0) is 6.54 Å². The first-order valence-corrected chi connectivity index (χ1v) is 7.56. The molecule has 2 rings (SSSR count). The lowest BCUT2D eigenvalue weighted by atomic mass is 10.1. The summed E-state index contributed by atoms with van der Waals surface area (Å²) in [6.45, 7) is 0.357. The molecule has 2 N–H and O–H groups in total. The SMILES string of the molecule is CNC(=O)c1cc(NC(=O)N(C)Cc2cccc(Cl)c2)ccc1F. The molecule has 2 aromatic carbocycles. The summed E-state index contributed by atoms with van der Waals surface area (Å²) < 4.78 is 13.6. The minimum Gasteiger partial charge on any atom is -0.355 e. The number of benzene rings is 2. The quantitative estimate of drug-likeness (QED) is 0.887. The molecule has 0 aliphatic carbocycles. The third kappa shape index (κ3) is 4.45. The Labute approximate surface area is 144 Å². The van der Waals surface area contributed by atoms with E-state index in [9.17, 15) is 14.0 Å². The van der Waals surface area contributed by atoms with Crippen molar-refractivity contribution in [2.45, 2.75) is 6.54 Å². The van der Waals surface area contributed by atoms with Crippen LogP contribution in [0.4, 0.5) is 14.9 Å². The highest BCUT2D eigenvalue weighted by Gasteiger charge is 2.14. The molecule has 0 fully saturated rings. The molecule has 0 radical (unpaired) electrons. The average molecular weight is 350 g/mol. The second-order valence-electron chi connectivity index (χ2n) is 5.19. The molecule has 0 bridgehead atoms. The normalized spacial score (nSPS) is 10.2. The third-order valence-corrected chi connectivity index (χ3v) is 3.58. The molecule has 0 saturated heterocycles. The summed E-state index contributed by atoms with van der Waals surface area (Å²) in [5.74, 6) is -1.21. The van der Waals surface area contributed by atoms with Crippen molar-refractivity contribution < 1.29 is 14.0 Å². The van der Waals surface area contributed by atoms with Crippen LogP contribution in [0.3, 0.4) is 0 Å². The van der Waals surface area contributed by atoms with Gasteiger partial charge in [-0.15, -0.1) is 0 Å². The van der Waals surface area contributed by atoms with Crippen LogP contribution in [0.2, 0.25) is 5.02 Å². The number of nitrogens with zero attached hydrogens (tertiary/aromatic N) is 1. The first-order valence-electron chi connectivity index (χ1n) is 7.19. The van der Waals surface area contributed by atoms with E-state index in [1.807, 2.05) is 6.07 Å². The fourth-order valence-corrected chi connectivity index (χ4v) is 2.32. The third-order valence-electron chi connectivity index (χ3n) is 3.34. The number of rotatable bonds is 4. The maximum atomic E-state index is 13.6. The van der Waals surface area contributed by atoms with E-state index < -0.39 is 11.7 Å². The van der Waals surface area contributed by atoms with Crippen LogP contribution in [0.1, 0.15) is 15.9 Å². The van der Waals surface area contributed by atoms with Crippen molar-refractivity contribution >= 4 is 29.2 Å². The smallest absolute Gasteiger partial charge is 0.321 e. The molecule has 0 saturated carbocycles. The predicted octanol–water partition coefficient (Wildman–Crippen LogP) is 3.50. The van der Waals surface area contributed by atoms with Gasteiger partial charge in [-0.1, -0.05) is 23.7 Å². The van der Waals surface area contributed by atoms with Gasteiger partial charge in [0.05, 0.1) is 5.56 Å². The first kappa shape index (κ1) is 17.7. The molecule has 0 aliphatic heterocycles. The molecule has 126 valence electrons. The lowest BCUT2D eigenvalue weighted by molar-refractivity contribution is 0.0959. The lowest BCUT2D eigenvalue weighted by Gasteiger charge is -2.18. The summed E-state index contributed by atoms with van der Waals surface area (Å²) in [6, 6.07) is 10.6. The number of carbonyl (C=O) groups excluding carboxylic acids is 2. The molecular formula is C17H17ClFN3O2. The van der Waals surface area contributed by atoms with Gasteiger partial charge in [0.25, 0.3) is 5.91 Å². The average Bonchev–Trinajstić information content (AvgIpc) is 2.55. The van der Waals surface area contributed by atoms with Crippen LogP contribution in [0.25, 0.3) is 0 Å². The Hall–Kier alpha value is -2.60. The topological polar surface area (TPSA) is 61.4 Å². The Kier molecular flexibility index (Phi) is 5.76. The van der Waals surface area contributed by atoms with Gasteiger partial charge in [0.2, 0.25) is 0 Å². The van der Waals surface area contributed by atoms with Crippen molar-refractivity contribution in [2.75, 3.05) is 19.4 Å². The molecule has 0 spiro atoms. The summed E-state index contributed by atoms with van der Waals surface area (Å²) in [4.78, 5) is 25.3. The van der Waals surface area contributed by atoms with Crippen LogP contribution in [0.15, 0.2) is 42.5 Å². The molecule has 0 aromatic heterocycles. The van der Waals surface area contributed by atoms with Crippen molar-refractivity contribution in [1.82, 2.24) is 10.2 Å². The lowest BCUT2D eigenvalue weighted by Crippen LogP contribution is -2.31. The number of nitrogens with one attached hydrogen (secondary N) is 2. The van der Waals surface area contributed by atoms with Crippen molar-refractivity contribution in [3.05, 3.63) is 64.4 Å². The van der Waals surface area contributed by atoms with Gasteiger partial charge in [-0.3, -0.25) is 4.79 Å². The second-order valence-corrected chi connectivity index (χ2v) is 5.63. The van der Waals surface area contributed by atoms with Crippen LogP contribution in [-0.4, -0.2) is 30.9 Å². The van der Waals surface area contributed by atoms with Gasteiger partial charge in [-0.2, -0.15) is 0 Å². The number of carbonyl (C=O) groups is 2. The van der Waals surface area contributed by atoms with E-state index in [1.54, 1.807) is 25.2 Å². The Bertz CT molecular complexity index is 767. The van der Waals surface area contributed by atoms with E-state index in [1.165, 1.54) is 24.1 Å². The Morgan fingerprint density at radius 1 is 1.21 bits per heavy atom. The van der Waals surface area contributed by atoms with Crippen molar-refractivity contribution in [1.29, 1.82) is 0 Å². The van der Waals surface area contributed by atoms with Crippen molar-refractivity contribution in [3.8, 4) is 0 Å². The van der Waals surface area contributed by atoms with Gasteiger partial charge < -0.3 is 15.5 Å². The Balaban J connectivity index is 2.07. The second kappa shape index (κ2) is 7.79. The number of halogens is 2. The molecular weight excluding hydrogens is 333 g/mol. The predicted molar refractivity (Wildman–Crippen MR) is 91.7 cm³/mol. The zero-order chi connectivity index (χ0) is 17.7. The van der Waals surface area contributed by atoms with Crippen molar-refractivity contribution in [3.63, 3.8) is 0 Å². The van der Waals surface area contributed by atoms with Gasteiger partial charge in [0, 0.05) is 31.4 Å². The highest BCUT2D eigenvalue weighted by molar-refractivity contribution is 6.30. The summed E-state index contributed by atoms with van der Waals surface area (Å²) in [5, 5.41) is 5.57. The van der Waals surface area contributed by atoms with E-state index >= 15 is 0 Å². The van der Waals surface area contributed by atoms with E-state index in [0.29, 0.717) is 17.3 Å². The fourth-order valence-electron chi connectivity index (χ4n) is 2.11. The van der Waals surface area contributed by atoms with Crippen LogP contribution in [0.5, 0.6) is 0 Å². The molecule has 0 aliphatic rings. The monoisotopic (exact) mass is 349 g/mol. The minimum absolute atomic E-state index is 0.132. The molecule has 7 heteroatoms. The van der Waals surface area contributed by atoms with Gasteiger partial charge >= 0.3 is 6.03 Å². The highest BCUT2D eigenvalue weighted by atomic mass is 35.5. The fraction of sp³-hybridized carbons (Fsp3) is 0.176. The highest BCUT2D eigenvalue weighted by Crippen LogP contribution is 2.16. The molecule has 2 aromatic rings. The maximum absolute atomic E-state index is 13.6. The molecule has 5 nitrogen and oxygen atoms in total. The maximum Gasteiger partial charge on any atom is 0.321 e. The summed E-state index contributed by atoms with van der Waals surface area (Å²) in [6.07, 6.45) is 0. The van der Waals surface area contributed by atoms with Crippen LogP contribution < -0.4 is 10.6 Å². The Morgan fingerprint density at radius 2 is 1.96 bits per heavy atom. The van der Waals surface area contributed by atoms with E-state index in [0.717, 1.165) is 11.6 Å². The van der Waals surface area contributed by atoms with Gasteiger partial charge in [0.15, 0.2) is 0 Å². The summed E-state index contributed by atoms with van der Waals surface area (Å²) in [5.41, 5.74) is 1.08. The zero-order valence-electron chi connectivity index (χ0n) is 13.3. The molecule has 0 heterocycles. The Morgan fingerprint density at radius 3 is 2.62 bits per heavy atom. The van der Waals surface area contributed by atoms with Crippen LogP contribution in [0, 0.1) is 5.82 Å². The van der Waals surface area contributed by atoms with E-state index in [-0.39, 0.29) is 11.6 Å². The van der Waals surface area contributed by atoms with E-state index in [2.05, 4.69) is 10.6 Å². The summed E-state index contributed by atoms with van der Waals surface area (Å²) >= 11 is 5.92. The zero-order valence-corrected chi connectivity index (χ0v) is 14.0. The first-order chi connectivity index (χ1) is 11.4. The standard InChI is InChI=1S/C17H17ClFN3O2/c1-20-16(23)14-9-13(6-7-15(14)19)21-17(24)22(2)10-11-4-3-5-12(18)8-11/h3-9H,10H2,1-2H3,(H,20,23)(H,21,24). The molecule has 3 amide bonds. The largest absolute Gasteiger partial charge is 0.355 e. The van der Waals surface area contributed by atoms with Crippen molar-refractivity contribution in [2.24, 2.45) is 0 Å². The van der Waals surface area contributed by atoms with Gasteiger partial charge in [0.1, 0.15) is 5.82 Å². The number of urea groups is 1. The van der Waals surface area contributed by atoms with Crippen LogP contribution >= 0.6 is 11.6 Å². The molecule has 0 unspecified atom stereocenters. The van der Waals surface area contributed by atoms with E-state index in [4.69, 9.17) is 11.6 Å². The number of hydrogen-bond donors (Lipinski definition) is 2. The number of anilines is 1. The number of amides is 3. The molecule has 0 atom stereocenters. The van der Waals surface area contributed by atoms with Gasteiger partial charge in [-0.25, -0.2) is 9.18 Å². The number of hydrogen-bond acceptors (Lipinski definition) is 2. The minimum atomic E-state index is -0.653.